The molecule has 0 saturated heterocycles. The van der Waals surface area contributed by atoms with Crippen molar-refractivity contribution >= 4 is 39.1 Å². The van der Waals surface area contributed by atoms with Gasteiger partial charge >= 0.3 is 0 Å². The van der Waals surface area contributed by atoms with Gasteiger partial charge in [-0.1, -0.05) is 26.0 Å². The number of halogens is 1. The molecule has 0 aliphatic carbocycles. The average Bonchev–Trinajstić information content (AvgIpc) is 2.61. The molecular formula is C19H23FN2O3S2. The Labute approximate surface area is 164 Å². The van der Waals surface area contributed by atoms with Crippen molar-refractivity contribution in [3.8, 4) is 0 Å². The van der Waals surface area contributed by atoms with Crippen LogP contribution in [0.15, 0.2) is 53.4 Å². The van der Waals surface area contributed by atoms with Crippen LogP contribution >= 0.6 is 11.8 Å². The zero-order chi connectivity index (χ0) is 20.0. The molecule has 0 saturated carbocycles. The van der Waals surface area contributed by atoms with Crippen molar-refractivity contribution in [2.24, 2.45) is 0 Å². The standard InChI is InChI=1S/C19H23FN2O3S2/c1-4-17(19(23)21-16-8-6-7-9-18(16)26-5-2)22(27(3,24)25)15-12-10-14(20)11-13-15/h6-13,17H,4-5H2,1-3H3,(H,21,23)/t17-/m0/s1. The average molecular weight is 411 g/mol. The number of hydrogen-bond acceptors (Lipinski definition) is 4. The molecule has 0 aliphatic rings. The van der Waals surface area contributed by atoms with E-state index in [1.54, 1.807) is 24.8 Å². The van der Waals surface area contributed by atoms with E-state index in [0.29, 0.717) is 5.69 Å². The molecule has 2 aromatic rings. The minimum atomic E-state index is -3.75. The molecule has 0 aliphatic heterocycles. The lowest BCUT2D eigenvalue weighted by Gasteiger charge is -2.30. The van der Waals surface area contributed by atoms with E-state index in [1.807, 2.05) is 25.1 Å². The van der Waals surface area contributed by atoms with E-state index < -0.39 is 27.8 Å². The summed E-state index contributed by atoms with van der Waals surface area (Å²) in [5, 5.41) is 2.84. The van der Waals surface area contributed by atoms with E-state index in [1.165, 1.54) is 24.3 Å². The number of nitrogens with zero attached hydrogens (tertiary/aromatic N) is 1. The Morgan fingerprint density at radius 1 is 1.15 bits per heavy atom. The van der Waals surface area contributed by atoms with Gasteiger partial charge in [0.1, 0.15) is 11.9 Å². The molecular weight excluding hydrogens is 387 g/mol. The maximum atomic E-state index is 13.2. The van der Waals surface area contributed by atoms with Crippen LogP contribution in [-0.2, 0) is 14.8 Å². The monoisotopic (exact) mass is 410 g/mol. The third kappa shape index (κ3) is 5.46. The van der Waals surface area contributed by atoms with Gasteiger partial charge in [-0.05, 0) is 48.6 Å². The third-order valence-electron chi connectivity index (χ3n) is 3.86. The summed E-state index contributed by atoms with van der Waals surface area (Å²) in [5.41, 5.74) is 0.887. The lowest BCUT2D eigenvalue weighted by Crippen LogP contribution is -2.47. The number of carbonyl (C=O) groups excluding carboxylic acids is 1. The largest absolute Gasteiger partial charge is 0.323 e. The summed E-state index contributed by atoms with van der Waals surface area (Å²) in [5.74, 6) is -0.0681. The predicted molar refractivity (Wildman–Crippen MR) is 109 cm³/mol. The van der Waals surface area contributed by atoms with Crippen LogP contribution in [0.5, 0.6) is 0 Å². The first-order chi connectivity index (χ1) is 12.8. The van der Waals surface area contributed by atoms with Gasteiger partial charge in [-0.15, -0.1) is 11.8 Å². The number of anilines is 2. The molecule has 8 heteroatoms. The first-order valence-corrected chi connectivity index (χ1v) is 11.4. The van der Waals surface area contributed by atoms with Crippen LogP contribution < -0.4 is 9.62 Å². The Bertz CT molecular complexity index is 886. The molecule has 2 rings (SSSR count). The Kier molecular flexibility index (Phi) is 7.26. The van der Waals surface area contributed by atoms with E-state index in [4.69, 9.17) is 0 Å². The quantitative estimate of drug-likeness (QED) is 0.665. The summed E-state index contributed by atoms with van der Waals surface area (Å²) < 4.78 is 39.1. The third-order valence-corrected chi connectivity index (χ3v) is 5.99. The molecule has 0 fully saturated rings. The Morgan fingerprint density at radius 3 is 2.33 bits per heavy atom. The fraction of sp³-hybridized carbons (Fsp3) is 0.316. The highest BCUT2D eigenvalue weighted by atomic mass is 32.2. The number of para-hydroxylation sites is 1. The van der Waals surface area contributed by atoms with Crippen LogP contribution in [0, 0.1) is 5.82 Å². The summed E-state index contributed by atoms with van der Waals surface area (Å²) in [6.45, 7) is 3.75. The second kappa shape index (κ2) is 9.23. The van der Waals surface area contributed by atoms with Gasteiger partial charge in [0, 0.05) is 4.90 Å². The molecule has 0 radical (unpaired) electrons. The summed E-state index contributed by atoms with van der Waals surface area (Å²) in [6.07, 6.45) is 1.30. The van der Waals surface area contributed by atoms with Gasteiger partial charge in [0.25, 0.3) is 0 Å². The molecule has 2 aromatic carbocycles. The first-order valence-electron chi connectivity index (χ1n) is 8.55. The van der Waals surface area contributed by atoms with Gasteiger partial charge in [-0.3, -0.25) is 9.10 Å². The molecule has 0 spiro atoms. The maximum absolute atomic E-state index is 13.2. The van der Waals surface area contributed by atoms with Crippen molar-refractivity contribution in [1.29, 1.82) is 0 Å². The van der Waals surface area contributed by atoms with Gasteiger partial charge < -0.3 is 5.32 Å². The maximum Gasteiger partial charge on any atom is 0.248 e. The molecule has 27 heavy (non-hydrogen) atoms. The topological polar surface area (TPSA) is 66.5 Å². The number of hydrogen-bond donors (Lipinski definition) is 1. The minimum Gasteiger partial charge on any atom is -0.323 e. The number of nitrogens with one attached hydrogen (secondary N) is 1. The highest BCUT2D eigenvalue weighted by Crippen LogP contribution is 2.28. The van der Waals surface area contributed by atoms with Crippen LogP contribution in [0.1, 0.15) is 20.3 Å². The van der Waals surface area contributed by atoms with Crippen molar-refractivity contribution < 1.29 is 17.6 Å². The van der Waals surface area contributed by atoms with E-state index in [-0.39, 0.29) is 12.1 Å². The molecule has 5 nitrogen and oxygen atoms in total. The van der Waals surface area contributed by atoms with Gasteiger partial charge in [0.15, 0.2) is 0 Å². The van der Waals surface area contributed by atoms with Gasteiger partial charge in [-0.2, -0.15) is 0 Å². The van der Waals surface area contributed by atoms with Crippen molar-refractivity contribution in [1.82, 2.24) is 0 Å². The van der Waals surface area contributed by atoms with E-state index in [2.05, 4.69) is 5.32 Å². The molecule has 146 valence electrons. The Balaban J connectivity index is 2.37. The molecule has 0 heterocycles. The Hall–Kier alpha value is -2.06. The number of sulfonamides is 1. The zero-order valence-electron chi connectivity index (χ0n) is 15.5. The molecule has 1 N–H and O–H groups in total. The SMILES string of the molecule is CCSc1ccccc1NC(=O)[C@H](CC)N(c1ccc(F)cc1)S(C)(=O)=O. The second-order valence-corrected chi connectivity index (χ2v) is 9.04. The molecule has 1 atom stereocenters. The van der Waals surface area contributed by atoms with Crippen molar-refractivity contribution in [2.45, 2.75) is 31.2 Å². The van der Waals surface area contributed by atoms with Crippen molar-refractivity contribution in [2.75, 3.05) is 21.6 Å². The molecule has 0 aromatic heterocycles. The summed E-state index contributed by atoms with van der Waals surface area (Å²) >= 11 is 1.59. The molecule has 1 amide bonds. The normalized spacial score (nSPS) is 12.4. The lowest BCUT2D eigenvalue weighted by atomic mass is 10.1. The smallest absolute Gasteiger partial charge is 0.248 e. The fourth-order valence-corrected chi connectivity index (χ4v) is 4.69. The molecule has 0 unspecified atom stereocenters. The van der Waals surface area contributed by atoms with Crippen LogP contribution in [0.2, 0.25) is 0 Å². The molecule has 0 bridgehead atoms. The Morgan fingerprint density at radius 2 is 1.78 bits per heavy atom. The van der Waals surface area contributed by atoms with Crippen LogP contribution in [-0.4, -0.2) is 32.4 Å². The van der Waals surface area contributed by atoms with E-state index in [0.717, 1.165) is 21.2 Å². The van der Waals surface area contributed by atoms with Gasteiger partial charge in [-0.25, -0.2) is 12.8 Å². The highest BCUT2D eigenvalue weighted by Gasteiger charge is 2.31. The highest BCUT2D eigenvalue weighted by molar-refractivity contribution is 7.99. The van der Waals surface area contributed by atoms with E-state index in [9.17, 15) is 17.6 Å². The number of carbonyl (C=O) groups is 1. The number of amides is 1. The second-order valence-electron chi connectivity index (χ2n) is 5.88. The minimum absolute atomic E-state index is 0.247. The predicted octanol–water partition coefficient (Wildman–Crippen LogP) is 4.12. The summed E-state index contributed by atoms with van der Waals surface area (Å²) in [7, 11) is -3.75. The van der Waals surface area contributed by atoms with Crippen molar-refractivity contribution in [3.05, 3.63) is 54.3 Å². The summed E-state index contributed by atoms with van der Waals surface area (Å²) in [4.78, 5) is 13.8. The van der Waals surface area contributed by atoms with Crippen molar-refractivity contribution in [3.63, 3.8) is 0 Å². The number of benzene rings is 2. The zero-order valence-corrected chi connectivity index (χ0v) is 17.1. The summed E-state index contributed by atoms with van der Waals surface area (Å²) in [6, 6.07) is 11.5. The van der Waals surface area contributed by atoms with Crippen LogP contribution in [0.4, 0.5) is 15.8 Å². The van der Waals surface area contributed by atoms with Gasteiger partial charge in [0.2, 0.25) is 15.9 Å². The van der Waals surface area contributed by atoms with E-state index >= 15 is 0 Å². The van der Waals surface area contributed by atoms with Crippen LogP contribution in [0.3, 0.4) is 0 Å². The first kappa shape index (κ1) is 21.2. The number of rotatable bonds is 8. The number of thioether (sulfide) groups is 1. The van der Waals surface area contributed by atoms with Gasteiger partial charge in [0.05, 0.1) is 17.6 Å². The van der Waals surface area contributed by atoms with Crippen LogP contribution in [0.25, 0.3) is 0 Å². The lowest BCUT2D eigenvalue weighted by molar-refractivity contribution is -0.117. The fourth-order valence-electron chi connectivity index (χ4n) is 2.72.